The number of hydrogen-bond donors (Lipinski definition) is 0. The van der Waals surface area contributed by atoms with Crippen LogP contribution in [0.15, 0.2) is 168 Å². The average molecular weight is 823 g/mol. The lowest BCUT2D eigenvalue weighted by atomic mass is 9.74. The van der Waals surface area contributed by atoms with Crippen LogP contribution in [0.25, 0.3) is 33.8 Å². The lowest BCUT2D eigenvalue weighted by molar-refractivity contribution is 0.592. The molecule has 0 amide bonds. The maximum atomic E-state index is 7.16. The average Bonchev–Trinajstić information content (AvgIpc) is 3.91. The Hall–Kier alpha value is -6.36. The Balaban J connectivity index is 0.992. The minimum Gasteiger partial charge on any atom is -0.455 e. The maximum Gasteiger partial charge on any atom is 0.139 e. The van der Waals surface area contributed by atoms with Gasteiger partial charge in [-0.3, -0.25) is 0 Å². The maximum absolute atomic E-state index is 7.16. The number of furan rings is 1. The summed E-state index contributed by atoms with van der Waals surface area (Å²) in [5.74, 6) is 2.03. The summed E-state index contributed by atoms with van der Waals surface area (Å²) >= 11 is 0. The Morgan fingerprint density at radius 3 is 1.21 bits per heavy atom. The van der Waals surface area contributed by atoms with Gasteiger partial charge in [0.2, 0.25) is 0 Å². The van der Waals surface area contributed by atoms with E-state index in [1.807, 2.05) is 0 Å². The van der Waals surface area contributed by atoms with Gasteiger partial charge in [0.05, 0.1) is 8.07 Å². The topological polar surface area (TPSA) is 19.6 Å². The Labute approximate surface area is 368 Å². The zero-order valence-electron chi connectivity index (χ0n) is 37.4. The first-order valence-corrected chi connectivity index (χ1v) is 25.7. The molecule has 0 atom stereocenters. The minimum absolute atomic E-state index is 0.0943. The van der Waals surface area contributed by atoms with E-state index in [0.717, 1.165) is 45.6 Å². The number of anilines is 6. The van der Waals surface area contributed by atoms with Crippen molar-refractivity contribution in [3.63, 3.8) is 0 Å². The van der Waals surface area contributed by atoms with Crippen molar-refractivity contribution in [3.8, 4) is 33.8 Å². The third-order valence-corrected chi connectivity index (χ3v) is 16.4. The fourth-order valence-corrected chi connectivity index (χ4v) is 12.2. The molecule has 0 unspecified atom stereocenters. The highest BCUT2D eigenvalue weighted by molar-refractivity contribution is 6.88. The Morgan fingerprint density at radius 2 is 0.726 bits per heavy atom. The zero-order chi connectivity index (χ0) is 42.9. The van der Waals surface area contributed by atoms with Crippen LogP contribution in [0.5, 0.6) is 0 Å². The van der Waals surface area contributed by atoms with Gasteiger partial charge in [0, 0.05) is 72.6 Å². The highest BCUT2D eigenvalue weighted by atomic mass is 28.3. The molecular formula is C58H54N2OSi. The van der Waals surface area contributed by atoms with E-state index in [0.29, 0.717) is 0 Å². The Morgan fingerprint density at radius 1 is 0.355 bits per heavy atom. The van der Waals surface area contributed by atoms with Crippen LogP contribution >= 0.6 is 0 Å². The predicted octanol–water partition coefficient (Wildman–Crippen LogP) is 15.7. The molecule has 3 aliphatic rings. The molecule has 4 heteroatoms. The monoisotopic (exact) mass is 822 g/mol. The lowest BCUT2D eigenvalue weighted by Crippen LogP contribution is -2.37. The van der Waals surface area contributed by atoms with Gasteiger partial charge in [-0.25, -0.2) is 0 Å². The van der Waals surface area contributed by atoms with E-state index in [1.165, 1.54) is 60.8 Å². The van der Waals surface area contributed by atoms with Crippen LogP contribution in [-0.2, 0) is 16.2 Å². The van der Waals surface area contributed by atoms with E-state index in [-0.39, 0.29) is 16.2 Å². The number of para-hydroxylation sites is 2. The van der Waals surface area contributed by atoms with Crippen LogP contribution in [0.4, 0.5) is 34.1 Å². The van der Waals surface area contributed by atoms with Gasteiger partial charge in [-0.1, -0.05) is 145 Å². The van der Waals surface area contributed by atoms with Crippen LogP contribution in [0.3, 0.4) is 0 Å². The van der Waals surface area contributed by atoms with Gasteiger partial charge in [0.25, 0.3) is 0 Å². The summed E-state index contributed by atoms with van der Waals surface area (Å²) < 4.78 is 7.16. The molecule has 1 heterocycles. The SMILES string of the molecule is CC1(C)c2ccccc2-c2ccc(N(c3ccccc3)c3ccc4c(c3)C(C)(C)c3c-4oc4c3C(C)(C)c3cc(N(c5ccccc5)c5ccc([Si](C)(C)C)cc5)ccc3-4)cc21. The smallest absolute Gasteiger partial charge is 0.139 e. The molecule has 62 heavy (non-hydrogen) atoms. The Kier molecular flexibility index (Phi) is 8.28. The van der Waals surface area contributed by atoms with Gasteiger partial charge in [0.15, 0.2) is 0 Å². The minimum atomic E-state index is -1.45. The van der Waals surface area contributed by atoms with Crippen molar-refractivity contribution in [2.45, 2.75) is 77.4 Å². The molecular weight excluding hydrogens is 769 g/mol. The first kappa shape index (κ1) is 38.6. The van der Waals surface area contributed by atoms with Crippen LogP contribution in [-0.4, -0.2) is 8.07 Å². The molecule has 3 aliphatic carbocycles. The van der Waals surface area contributed by atoms with Gasteiger partial charge >= 0.3 is 0 Å². The van der Waals surface area contributed by atoms with Crippen molar-refractivity contribution in [3.05, 3.63) is 197 Å². The number of fused-ring (bicyclic) bond motifs is 10. The van der Waals surface area contributed by atoms with Crippen LogP contribution in [0, 0.1) is 0 Å². The van der Waals surface area contributed by atoms with Gasteiger partial charge in [-0.05, 0) is 118 Å². The van der Waals surface area contributed by atoms with Crippen molar-refractivity contribution in [1.82, 2.24) is 0 Å². The van der Waals surface area contributed by atoms with Gasteiger partial charge < -0.3 is 14.2 Å². The van der Waals surface area contributed by atoms with Gasteiger partial charge in [-0.2, -0.15) is 0 Å². The standard InChI is InChI=1S/C58H54N2OSi/c1-56(2)48-23-17-16-22-44(48)45-31-26-41(34-49(45)56)60(38-20-14-11-15-21-38)42-28-33-47-51(36-42)58(5,6)53-52-54(61-55(47)53)46-32-27-40(35-50(46)57(52,3)4)59(37-18-12-10-13-19-37)39-24-29-43(30-25-39)62(7,8)9/h10-36H,1-9H3. The van der Waals surface area contributed by atoms with Crippen molar-refractivity contribution >= 4 is 47.4 Å². The number of rotatable bonds is 7. The summed E-state index contributed by atoms with van der Waals surface area (Å²) in [4.78, 5) is 4.83. The number of nitrogens with zero attached hydrogens (tertiary/aromatic N) is 2. The molecule has 0 aliphatic heterocycles. The molecule has 0 N–H and O–H groups in total. The number of benzene rings is 7. The normalized spacial score (nSPS) is 15.6. The molecule has 0 spiro atoms. The first-order valence-electron chi connectivity index (χ1n) is 22.2. The molecule has 3 nitrogen and oxygen atoms in total. The van der Waals surface area contributed by atoms with Gasteiger partial charge in [-0.15, -0.1) is 0 Å². The first-order chi connectivity index (χ1) is 29.7. The van der Waals surface area contributed by atoms with Crippen molar-refractivity contribution < 1.29 is 4.42 Å². The summed E-state index contributed by atoms with van der Waals surface area (Å²) in [6, 6.07) is 60.8. The van der Waals surface area contributed by atoms with E-state index in [1.54, 1.807) is 0 Å². The summed E-state index contributed by atoms with van der Waals surface area (Å²) in [6.45, 7) is 21.5. The third kappa shape index (κ3) is 5.55. The van der Waals surface area contributed by atoms with E-state index in [4.69, 9.17) is 4.42 Å². The second kappa shape index (κ2) is 13.3. The quantitative estimate of drug-likeness (QED) is 0.149. The van der Waals surface area contributed by atoms with Crippen LogP contribution < -0.4 is 15.0 Å². The largest absolute Gasteiger partial charge is 0.455 e. The van der Waals surface area contributed by atoms with Gasteiger partial charge in [0.1, 0.15) is 11.5 Å². The van der Waals surface area contributed by atoms with Crippen LogP contribution in [0.1, 0.15) is 74.9 Å². The molecule has 1 aromatic heterocycles. The molecule has 0 fully saturated rings. The molecule has 0 radical (unpaired) electrons. The molecule has 8 aromatic rings. The fourth-order valence-electron chi connectivity index (χ4n) is 11.0. The molecule has 7 aromatic carbocycles. The van der Waals surface area contributed by atoms with Crippen molar-refractivity contribution in [1.29, 1.82) is 0 Å². The summed E-state index contributed by atoms with van der Waals surface area (Å²) in [5, 5.41) is 1.46. The van der Waals surface area contributed by atoms with Crippen molar-refractivity contribution in [2.24, 2.45) is 0 Å². The predicted molar refractivity (Wildman–Crippen MR) is 264 cm³/mol. The summed E-state index contributed by atoms with van der Waals surface area (Å²) in [6.07, 6.45) is 0. The Bertz CT molecular complexity index is 3070. The molecule has 306 valence electrons. The summed E-state index contributed by atoms with van der Waals surface area (Å²) in [5.41, 5.74) is 19.3. The van der Waals surface area contributed by atoms with Crippen molar-refractivity contribution in [2.75, 3.05) is 9.80 Å². The molecule has 11 rings (SSSR count). The molecule has 0 bridgehead atoms. The third-order valence-electron chi connectivity index (χ3n) is 14.4. The lowest BCUT2D eigenvalue weighted by Gasteiger charge is -2.31. The van der Waals surface area contributed by atoms with E-state index >= 15 is 0 Å². The highest BCUT2D eigenvalue weighted by Gasteiger charge is 2.50. The summed E-state index contributed by atoms with van der Waals surface area (Å²) in [7, 11) is -1.45. The van der Waals surface area contributed by atoms with E-state index in [2.05, 4.69) is 235 Å². The zero-order valence-corrected chi connectivity index (χ0v) is 38.4. The molecule has 0 saturated carbocycles. The second-order valence-corrected chi connectivity index (χ2v) is 25.3. The van der Waals surface area contributed by atoms with E-state index < -0.39 is 8.07 Å². The number of hydrogen-bond acceptors (Lipinski definition) is 3. The highest BCUT2D eigenvalue weighted by Crippen LogP contribution is 2.62. The second-order valence-electron chi connectivity index (χ2n) is 20.3. The molecule has 0 saturated heterocycles. The van der Waals surface area contributed by atoms with Crippen LogP contribution in [0.2, 0.25) is 19.6 Å². The fraction of sp³-hybridized carbons (Fsp3) is 0.207. The van der Waals surface area contributed by atoms with E-state index in [9.17, 15) is 0 Å².